The number of rotatable bonds is 4. The molecule has 0 spiro atoms. The fourth-order valence-electron chi connectivity index (χ4n) is 4.04. The fourth-order valence-corrected chi connectivity index (χ4v) is 5.31. The van der Waals surface area contributed by atoms with Gasteiger partial charge in [-0.15, -0.1) is 11.8 Å². The van der Waals surface area contributed by atoms with E-state index in [4.69, 9.17) is 5.73 Å². The molecule has 0 unspecified atom stereocenters. The van der Waals surface area contributed by atoms with E-state index in [-0.39, 0.29) is 16.9 Å². The standard InChI is InChI=1S/C20H19N3O3S.C4H6S/c1-20(6-2-7-20)14-4-3-11-9-13(17(21)24)18(25)23-16(11)15(14)19(26)22-12-5-8-27-10-12;1-2-4-5-3-1/h3-5,8-10H,2,6-7H2,1H3,(H2,21,24)(H,22,26)(H,23,25);1,3H,2,4H2. The number of thiophene rings is 1. The zero-order valence-electron chi connectivity index (χ0n) is 17.8. The molecule has 1 saturated carbocycles. The molecule has 0 atom stereocenters. The summed E-state index contributed by atoms with van der Waals surface area (Å²) in [5.41, 5.74) is 6.99. The van der Waals surface area contributed by atoms with Crippen molar-refractivity contribution >= 4 is 51.5 Å². The molecular weight excluding hydrogens is 442 g/mol. The van der Waals surface area contributed by atoms with Crippen LogP contribution < -0.4 is 16.6 Å². The Bertz CT molecular complexity index is 1240. The Balaban J connectivity index is 0.000000433. The lowest BCUT2D eigenvalue weighted by Crippen LogP contribution is -2.33. The summed E-state index contributed by atoms with van der Waals surface area (Å²) in [5.74, 6) is 0.238. The van der Waals surface area contributed by atoms with Gasteiger partial charge in [-0.05, 0) is 58.5 Å². The number of nitrogens with one attached hydrogen (secondary N) is 2. The maximum Gasteiger partial charge on any atom is 0.261 e. The molecule has 166 valence electrons. The van der Waals surface area contributed by atoms with Gasteiger partial charge in [0.2, 0.25) is 0 Å². The highest BCUT2D eigenvalue weighted by Crippen LogP contribution is 2.45. The van der Waals surface area contributed by atoms with Gasteiger partial charge in [-0.1, -0.05) is 31.6 Å². The summed E-state index contributed by atoms with van der Waals surface area (Å²) >= 11 is 3.38. The van der Waals surface area contributed by atoms with E-state index >= 15 is 0 Å². The number of aromatic nitrogens is 1. The molecule has 1 aromatic carbocycles. The molecule has 3 heterocycles. The van der Waals surface area contributed by atoms with Gasteiger partial charge in [0.1, 0.15) is 5.56 Å². The Morgan fingerprint density at radius 2 is 2.03 bits per heavy atom. The Hall–Kier alpha value is -2.84. The first kappa shape index (κ1) is 22.4. The lowest BCUT2D eigenvalue weighted by molar-refractivity contribution is 0.0997. The quantitative estimate of drug-likeness (QED) is 0.501. The van der Waals surface area contributed by atoms with Crippen LogP contribution in [0.1, 0.15) is 58.9 Å². The number of anilines is 1. The third kappa shape index (κ3) is 4.52. The van der Waals surface area contributed by atoms with Crippen molar-refractivity contribution in [2.45, 2.75) is 38.0 Å². The van der Waals surface area contributed by atoms with Crippen LogP contribution in [-0.4, -0.2) is 22.6 Å². The average molecular weight is 468 g/mol. The summed E-state index contributed by atoms with van der Waals surface area (Å²) in [5, 5.41) is 9.39. The number of primary amides is 1. The normalized spacial score (nSPS) is 16.2. The second-order valence-electron chi connectivity index (χ2n) is 8.24. The van der Waals surface area contributed by atoms with Crippen LogP contribution in [0.4, 0.5) is 5.69 Å². The Morgan fingerprint density at radius 3 is 2.56 bits per heavy atom. The van der Waals surface area contributed by atoms with Gasteiger partial charge >= 0.3 is 0 Å². The van der Waals surface area contributed by atoms with E-state index in [1.165, 1.54) is 29.6 Å². The van der Waals surface area contributed by atoms with Crippen molar-refractivity contribution in [1.82, 2.24) is 4.98 Å². The van der Waals surface area contributed by atoms with Crippen molar-refractivity contribution in [3.05, 3.63) is 73.6 Å². The van der Waals surface area contributed by atoms with Gasteiger partial charge in [0.25, 0.3) is 17.4 Å². The molecule has 2 aromatic heterocycles. The Morgan fingerprint density at radius 1 is 1.22 bits per heavy atom. The molecule has 1 fully saturated rings. The largest absolute Gasteiger partial charge is 0.365 e. The fraction of sp³-hybridized carbons (Fsp3) is 0.292. The monoisotopic (exact) mass is 467 g/mol. The summed E-state index contributed by atoms with van der Waals surface area (Å²) in [6, 6.07) is 7.03. The van der Waals surface area contributed by atoms with Crippen molar-refractivity contribution in [3.8, 4) is 0 Å². The van der Waals surface area contributed by atoms with Crippen molar-refractivity contribution in [2.75, 3.05) is 11.1 Å². The molecule has 2 amide bonds. The van der Waals surface area contributed by atoms with E-state index in [9.17, 15) is 14.4 Å². The molecule has 0 bridgehead atoms. The zero-order valence-corrected chi connectivity index (χ0v) is 19.4. The van der Waals surface area contributed by atoms with Crippen LogP contribution >= 0.6 is 23.1 Å². The van der Waals surface area contributed by atoms with Gasteiger partial charge in [-0.2, -0.15) is 11.3 Å². The molecule has 1 aliphatic carbocycles. The van der Waals surface area contributed by atoms with Crippen LogP contribution in [0.3, 0.4) is 0 Å². The van der Waals surface area contributed by atoms with Crippen LogP contribution in [-0.2, 0) is 5.41 Å². The number of amides is 2. The Labute approximate surface area is 194 Å². The van der Waals surface area contributed by atoms with E-state index in [1.807, 2.05) is 40.7 Å². The second-order valence-corrected chi connectivity index (χ2v) is 10.0. The molecule has 2 aliphatic rings. The van der Waals surface area contributed by atoms with Crippen molar-refractivity contribution in [2.24, 2.45) is 5.73 Å². The van der Waals surface area contributed by atoms with Crippen LogP contribution in [0.15, 0.2) is 51.3 Å². The number of carbonyl (C=O) groups is 2. The zero-order chi connectivity index (χ0) is 22.7. The molecule has 3 aromatic rings. The maximum absolute atomic E-state index is 13.1. The molecule has 0 radical (unpaired) electrons. The molecule has 6 nitrogen and oxygen atoms in total. The number of carbonyl (C=O) groups excluding carboxylic acids is 2. The molecular formula is C24H25N3O3S2. The minimum absolute atomic E-state index is 0.102. The van der Waals surface area contributed by atoms with Crippen LogP contribution in [0.25, 0.3) is 10.9 Å². The summed E-state index contributed by atoms with van der Waals surface area (Å²) in [7, 11) is 0. The molecule has 5 rings (SSSR count). The number of hydrogen-bond donors (Lipinski definition) is 3. The molecule has 4 N–H and O–H groups in total. The van der Waals surface area contributed by atoms with Crippen molar-refractivity contribution < 1.29 is 9.59 Å². The number of thioether (sulfide) groups is 1. The van der Waals surface area contributed by atoms with Crippen LogP contribution in [0.2, 0.25) is 0 Å². The number of aromatic amines is 1. The summed E-state index contributed by atoms with van der Waals surface area (Å²) in [4.78, 5) is 39.7. The lowest BCUT2D eigenvalue weighted by atomic mass is 9.64. The van der Waals surface area contributed by atoms with Gasteiger partial charge < -0.3 is 16.0 Å². The SMILES string of the molecule is C1=CSCC1.CC1(c2ccc3cc(C(N)=O)c(=O)[nH]c3c2C(=O)Nc2ccsc2)CCC1. The van der Waals surface area contributed by atoms with E-state index in [1.54, 1.807) is 0 Å². The maximum atomic E-state index is 13.1. The van der Waals surface area contributed by atoms with Gasteiger partial charge in [0.05, 0.1) is 16.8 Å². The Kier molecular flexibility index (Phi) is 6.53. The highest BCUT2D eigenvalue weighted by Gasteiger charge is 2.37. The lowest BCUT2D eigenvalue weighted by Gasteiger charge is -2.40. The predicted octanol–water partition coefficient (Wildman–Crippen LogP) is 5.02. The highest BCUT2D eigenvalue weighted by molar-refractivity contribution is 8.02. The first-order valence-electron chi connectivity index (χ1n) is 10.5. The smallest absolute Gasteiger partial charge is 0.261 e. The molecule has 32 heavy (non-hydrogen) atoms. The average Bonchev–Trinajstić information content (AvgIpc) is 3.47. The number of pyridine rings is 1. The number of nitrogens with two attached hydrogens (primary N) is 1. The van der Waals surface area contributed by atoms with Crippen molar-refractivity contribution in [1.29, 1.82) is 0 Å². The number of fused-ring (bicyclic) bond motifs is 1. The van der Waals surface area contributed by atoms with Gasteiger partial charge in [0.15, 0.2) is 0 Å². The number of hydrogen-bond acceptors (Lipinski definition) is 5. The van der Waals surface area contributed by atoms with Gasteiger partial charge in [-0.3, -0.25) is 14.4 Å². The third-order valence-corrected chi connectivity index (χ3v) is 7.53. The van der Waals surface area contributed by atoms with Crippen LogP contribution in [0.5, 0.6) is 0 Å². The molecule has 1 aliphatic heterocycles. The van der Waals surface area contributed by atoms with Crippen molar-refractivity contribution in [3.63, 3.8) is 0 Å². The number of allylic oxidation sites excluding steroid dienone is 1. The number of benzene rings is 1. The van der Waals surface area contributed by atoms with Gasteiger partial charge in [-0.25, -0.2) is 0 Å². The van der Waals surface area contributed by atoms with E-state index < -0.39 is 11.5 Å². The summed E-state index contributed by atoms with van der Waals surface area (Å²) in [6.07, 6.45) is 6.56. The van der Waals surface area contributed by atoms with E-state index in [0.717, 1.165) is 24.8 Å². The topological polar surface area (TPSA) is 105 Å². The molecule has 0 saturated heterocycles. The first-order chi connectivity index (χ1) is 15.4. The van der Waals surface area contributed by atoms with Crippen LogP contribution in [0, 0.1) is 0 Å². The minimum atomic E-state index is -0.794. The van der Waals surface area contributed by atoms with E-state index in [0.29, 0.717) is 22.2 Å². The number of H-pyrrole nitrogens is 1. The van der Waals surface area contributed by atoms with Gasteiger partial charge in [0, 0.05) is 11.1 Å². The third-order valence-electron chi connectivity index (χ3n) is 5.99. The predicted molar refractivity (Wildman–Crippen MR) is 133 cm³/mol. The summed E-state index contributed by atoms with van der Waals surface area (Å²) in [6.45, 7) is 2.13. The molecule has 8 heteroatoms. The second kappa shape index (κ2) is 9.34. The highest BCUT2D eigenvalue weighted by atomic mass is 32.2. The summed E-state index contributed by atoms with van der Waals surface area (Å²) < 4.78 is 0. The first-order valence-corrected chi connectivity index (χ1v) is 12.5. The van der Waals surface area contributed by atoms with E-state index in [2.05, 4.69) is 28.7 Å². The minimum Gasteiger partial charge on any atom is -0.365 e.